The van der Waals surface area contributed by atoms with Crippen LogP contribution in [0.2, 0.25) is 0 Å². The Kier molecular flexibility index (Phi) is 2.68. The van der Waals surface area contributed by atoms with Crippen LogP contribution in [-0.4, -0.2) is 23.2 Å². The SMILES string of the molecule is C=S(N)(=O)c1cc(C(=O)OC)c(C)o1. The fourth-order valence-electron chi connectivity index (χ4n) is 0.938. The van der Waals surface area contributed by atoms with Crippen molar-refractivity contribution in [3.63, 3.8) is 0 Å². The smallest absolute Gasteiger partial charge is 0.341 e. The van der Waals surface area contributed by atoms with Gasteiger partial charge in [-0.3, -0.25) is 5.14 Å². The molecule has 0 spiro atoms. The number of hydrogen-bond acceptors (Lipinski definition) is 4. The van der Waals surface area contributed by atoms with Crippen molar-refractivity contribution in [3.8, 4) is 0 Å². The first-order valence-corrected chi connectivity index (χ1v) is 5.49. The molecule has 1 aromatic heterocycles. The van der Waals surface area contributed by atoms with E-state index in [1.807, 2.05) is 0 Å². The molecule has 0 amide bonds. The molecular weight excluding hydrogens is 206 g/mol. The lowest BCUT2D eigenvalue weighted by Gasteiger charge is -1.93. The van der Waals surface area contributed by atoms with E-state index in [2.05, 4.69) is 10.6 Å². The molecule has 78 valence electrons. The first-order chi connectivity index (χ1) is 6.36. The number of methoxy groups -OCH3 is 1. The van der Waals surface area contributed by atoms with Gasteiger partial charge in [-0.2, -0.15) is 0 Å². The van der Waals surface area contributed by atoms with Gasteiger partial charge in [0.2, 0.25) is 0 Å². The Morgan fingerprint density at radius 1 is 1.71 bits per heavy atom. The monoisotopic (exact) mass is 217 g/mol. The second-order valence-electron chi connectivity index (χ2n) is 2.75. The first kappa shape index (κ1) is 10.8. The minimum Gasteiger partial charge on any atom is -0.465 e. The van der Waals surface area contributed by atoms with E-state index in [-0.39, 0.29) is 10.7 Å². The van der Waals surface area contributed by atoms with Gasteiger partial charge in [-0.1, -0.05) is 0 Å². The van der Waals surface area contributed by atoms with E-state index in [4.69, 9.17) is 9.56 Å². The first-order valence-electron chi connectivity index (χ1n) is 3.70. The number of nitrogens with two attached hydrogens (primary N) is 1. The molecule has 0 radical (unpaired) electrons. The zero-order valence-electron chi connectivity index (χ0n) is 7.90. The zero-order chi connectivity index (χ0) is 10.9. The van der Waals surface area contributed by atoms with E-state index in [9.17, 15) is 9.00 Å². The summed E-state index contributed by atoms with van der Waals surface area (Å²) in [7, 11) is -1.67. The molecule has 5 nitrogen and oxygen atoms in total. The Hall–Kier alpha value is -1.27. The number of carbonyl (C=O) groups excluding carboxylic acids is 1. The average Bonchev–Trinajstić information content (AvgIpc) is 2.45. The molecule has 0 bridgehead atoms. The van der Waals surface area contributed by atoms with Gasteiger partial charge < -0.3 is 9.15 Å². The van der Waals surface area contributed by atoms with Crippen LogP contribution < -0.4 is 5.14 Å². The minimum atomic E-state index is -2.92. The predicted molar refractivity (Wildman–Crippen MR) is 52.5 cm³/mol. The van der Waals surface area contributed by atoms with Crippen LogP contribution in [0.3, 0.4) is 0 Å². The van der Waals surface area contributed by atoms with E-state index >= 15 is 0 Å². The largest absolute Gasteiger partial charge is 0.465 e. The van der Waals surface area contributed by atoms with Gasteiger partial charge in [-0.15, -0.1) is 0 Å². The molecule has 0 saturated carbocycles. The number of hydrogen-bond donors (Lipinski definition) is 1. The molecule has 1 atom stereocenters. The highest BCUT2D eigenvalue weighted by Crippen LogP contribution is 2.18. The maximum atomic E-state index is 11.3. The minimum absolute atomic E-state index is 0.00426. The molecule has 0 aliphatic heterocycles. The van der Waals surface area contributed by atoms with Gasteiger partial charge in [-0.25, -0.2) is 9.00 Å². The van der Waals surface area contributed by atoms with Crippen LogP contribution >= 0.6 is 0 Å². The predicted octanol–water partition coefficient (Wildman–Crippen LogP) is 0.324. The van der Waals surface area contributed by atoms with Crippen LogP contribution in [0.25, 0.3) is 0 Å². The Morgan fingerprint density at radius 3 is 2.64 bits per heavy atom. The number of rotatable bonds is 2. The summed E-state index contributed by atoms with van der Waals surface area (Å²) in [5.41, 5.74) is 0.212. The molecule has 0 fully saturated rings. The normalized spacial score (nSPS) is 14.8. The maximum absolute atomic E-state index is 11.3. The molecular formula is C8H11NO4S. The van der Waals surface area contributed by atoms with Gasteiger partial charge in [-0.05, 0) is 12.8 Å². The number of aryl methyl sites for hydroxylation is 1. The molecule has 6 heteroatoms. The van der Waals surface area contributed by atoms with Crippen LogP contribution in [0, 0.1) is 6.92 Å². The molecule has 14 heavy (non-hydrogen) atoms. The van der Waals surface area contributed by atoms with E-state index in [0.29, 0.717) is 5.76 Å². The van der Waals surface area contributed by atoms with Gasteiger partial charge >= 0.3 is 5.97 Å². The van der Waals surface area contributed by atoms with Crippen LogP contribution in [0.5, 0.6) is 0 Å². The van der Waals surface area contributed by atoms with E-state index < -0.39 is 15.7 Å². The van der Waals surface area contributed by atoms with Crippen molar-refractivity contribution >= 4 is 21.5 Å². The maximum Gasteiger partial charge on any atom is 0.341 e. The van der Waals surface area contributed by atoms with Gasteiger partial charge in [0.1, 0.15) is 11.3 Å². The topological polar surface area (TPSA) is 82.5 Å². The highest BCUT2D eigenvalue weighted by Gasteiger charge is 2.18. The standard InChI is InChI=1S/C8H11NO4S/c1-5-6(8(10)12-2)4-7(13-5)14(3,9)11/h4H,3H2,1-2H3,(H2,9,11). The fourth-order valence-corrected chi connectivity index (χ4v) is 1.52. The lowest BCUT2D eigenvalue weighted by Crippen LogP contribution is -2.10. The molecule has 0 aliphatic carbocycles. The summed E-state index contributed by atoms with van der Waals surface area (Å²) in [6.07, 6.45) is 0. The molecule has 1 heterocycles. The fraction of sp³-hybridized carbons (Fsp3) is 0.250. The van der Waals surface area contributed by atoms with Gasteiger partial charge in [0.15, 0.2) is 5.09 Å². The molecule has 1 rings (SSSR count). The second kappa shape index (κ2) is 3.47. The number of ether oxygens (including phenoxy) is 1. The molecule has 2 N–H and O–H groups in total. The Labute approximate surface area is 82.0 Å². The van der Waals surface area contributed by atoms with Crippen molar-refractivity contribution in [2.75, 3.05) is 7.11 Å². The van der Waals surface area contributed by atoms with Crippen LogP contribution in [0.15, 0.2) is 15.6 Å². The van der Waals surface area contributed by atoms with Crippen molar-refractivity contribution in [3.05, 3.63) is 17.4 Å². The van der Waals surface area contributed by atoms with E-state index in [0.717, 1.165) is 0 Å². The summed E-state index contributed by atoms with van der Waals surface area (Å²) in [4.78, 5) is 11.1. The van der Waals surface area contributed by atoms with E-state index in [1.54, 1.807) is 6.92 Å². The molecule has 1 unspecified atom stereocenters. The Bertz CT molecular complexity index is 458. The van der Waals surface area contributed by atoms with Crippen LogP contribution in [0.1, 0.15) is 16.1 Å². The summed E-state index contributed by atoms with van der Waals surface area (Å²) in [6.45, 7) is 1.56. The third-order valence-electron chi connectivity index (χ3n) is 1.64. The third kappa shape index (κ3) is 1.97. The molecule has 0 aliphatic rings. The van der Waals surface area contributed by atoms with Gasteiger partial charge in [0.05, 0.1) is 16.8 Å². The average molecular weight is 217 g/mol. The third-order valence-corrected chi connectivity index (χ3v) is 2.52. The van der Waals surface area contributed by atoms with Crippen molar-refractivity contribution in [1.29, 1.82) is 0 Å². The van der Waals surface area contributed by atoms with Crippen LogP contribution in [-0.2, 0) is 14.4 Å². The molecule has 0 saturated heterocycles. The van der Waals surface area contributed by atoms with Crippen molar-refractivity contribution < 1.29 is 18.2 Å². The van der Waals surface area contributed by atoms with Crippen molar-refractivity contribution in [2.24, 2.45) is 5.14 Å². The highest BCUT2D eigenvalue weighted by atomic mass is 32.2. The lowest BCUT2D eigenvalue weighted by molar-refractivity contribution is 0.0599. The highest BCUT2D eigenvalue weighted by molar-refractivity contribution is 7.98. The summed E-state index contributed by atoms with van der Waals surface area (Å²) in [5.74, 6) is 3.00. The lowest BCUT2D eigenvalue weighted by atomic mass is 10.3. The summed E-state index contributed by atoms with van der Waals surface area (Å²) < 4.78 is 20.8. The van der Waals surface area contributed by atoms with Crippen molar-refractivity contribution in [1.82, 2.24) is 0 Å². The van der Waals surface area contributed by atoms with Crippen LogP contribution in [0.4, 0.5) is 0 Å². The molecule has 1 aromatic rings. The molecule has 0 aromatic carbocycles. The number of esters is 1. The summed E-state index contributed by atoms with van der Waals surface area (Å²) >= 11 is 0. The van der Waals surface area contributed by atoms with E-state index in [1.165, 1.54) is 13.2 Å². The summed E-state index contributed by atoms with van der Waals surface area (Å²) in [5, 5.41) is 5.25. The Morgan fingerprint density at radius 2 is 2.29 bits per heavy atom. The van der Waals surface area contributed by atoms with Crippen molar-refractivity contribution in [2.45, 2.75) is 12.0 Å². The Balaban J connectivity index is 3.25. The second-order valence-corrected chi connectivity index (χ2v) is 4.61. The number of carbonyl (C=O) groups is 1. The summed E-state index contributed by atoms with van der Waals surface area (Å²) in [6, 6.07) is 1.29. The zero-order valence-corrected chi connectivity index (χ0v) is 8.72. The quantitative estimate of drug-likeness (QED) is 0.571. The van der Waals surface area contributed by atoms with Gasteiger partial charge in [0, 0.05) is 6.07 Å². The number of furan rings is 1. The van der Waals surface area contributed by atoms with Gasteiger partial charge in [0.25, 0.3) is 0 Å².